The second-order valence-corrected chi connectivity index (χ2v) is 5.32. The topological polar surface area (TPSA) is 62.2 Å². The fourth-order valence-corrected chi connectivity index (χ4v) is 2.63. The van der Waals surface area contributed by atoms with Gasteiger partial charge in [-0.25, -0.2) is 4.98 Å². The maximum Gasteiger partial charge on any atom is 0.251 e. The second kappa shape index (κ2) is 5.87. The first-order valence-electron chi connectivity index (χ1n) is 5.84. The Morgan fingerprint density at radius 2 is 2.06 bits per heavy atom. The standard InChI is InChI=1S/C12H14Cl2N2O2/c13-10-4-8(5-11(14)16-10)12(18)15-6-7-1-2-9(17)3-7/h4-5,7,9,17H,1-3,6H2,(H,15,18). The van der Waals surface area contributed by atoms with E-state index in [1.165, 1.54) is 12.1 Å². The van der Waals surface area contributed by atoms with Crippen molar-refractivity contribution in [1.29, 1.82) is 0 Å². The van der Waals surface area contributed by atoms with Crippen molar-refractivity contribution < 1.29 is 9.90 Å². The number of halogens is 2. The molecule has 0 aromatic carbocycles. The molecule has 1 amide bonds. The summed E-state index contributed by atoms with van der Waals surface area (Å²) < 4.78 is 0. The molecule has 18 heavy (non-hydrogen) atoms. The summed E-state index contributed by atoms with van der Waals surface area (Å²) in [7, 11) is 0. The average molecular weight is 289 g/mol. The van der Waals surface area contributed by atoms with Crippen LogP contribution in [0, 0.1) is 5.92 Å². The van der Waals surface area contributed by atoms with Crippen molar-refractivity contribution in [2.24, 2.45) is 5.92 Å². The van der Waals surface area contributed by atoms with Gasteiger partial charge in [-0.2, -0.15) is 0 Å². The zero-order chi connectivity index (χ0) is 13.1. The largest absolute Gasteiger partial charge is 0.393 e. The van der Waals surface area contributed by atoms with E-state index in [2.05, 4.69) is 10.3 Å². The van der Waals surface area contributed by atoms with Gasteiger partial charge in [0.25, 0.3) is 5.91 Å². The summed E-state index contributed by atoms with van der Waals surface area (Å²) in [5.74, 6) is 0.124. The van der Waals surface area contributed by atoms with Crippen LogP contribution >= 0.6 is 23.2 Å². The quantitative estimate of drug-likeness (QED) is 0.839. The van der Waals surface area contributed by atoms with Crippen molar-refractivity contribution >= 4 is 29.1 Å². The first kappa shape index (κ1) is 13.6. The lowest BCUT2D eigenvalue weighted by atomic mass is 10.1. The van der Waals surface area contributed by atoms with E-state index in [9.17, 15) is 9.90 Å². The van der Waals surface area contributed by atoms with Crippen LogP contribution in [0.1, 0.15) is 29.6 Å². The monoisotopic (exact) mass is 288 g/mol. The van der Waals surface area contributed by atoms with Gasteiger partial charge in [0.1, 0.15) is 10.3 Å². The minimum absolute atomic E-state index is 0.198. The van der Waals surface area contributed by atoms with Gasteiger partial charge in [0, 0.05) is 12.1 Å². The molecular formula is C12H14Cl2N2O2. The minimum Gasteiger partial charge on any atom is -0.393 e. The number of rotatable bonds is 3. The first-order valence-corrected chi connectivity index (χ1v) is 6.59. The summed E-state index contributed by atoms with van der Waals surface area (Å²) in [5.41, 5.74) is 0.401. The number of aromatic nitrogens is 1. The van der Waals surface area contributed by atoms with E-state index in [0.29, 0.717) is 18.0 Å². The molecule has 0 bridgehead atoms. The number of aliphatic hydroxyl groups excluding tert-OH is 1. The maximum absolute atomic E-state index is 11.9. The number of hydrogen-bond acceptors (Lipinski definition) is 3. The number of hydrogen-bond donors (Lipinski definition) is 2. The third kappa shape index (κ3) is 3.57. The molecule has 0 aliphatic heterocycles. The molecule has 4 nitrogen and oxygen atoms in total. The van der Waals surface area contributed by atoms with Crippen LogP contribution in [0.3, 0.4) is 0 Å². The highest BCUT2D eigenvalue weighted by Crippen LogP contribution is 2.24. The Morgan fingerprint density at radius 3 is 2.61 bits per heavy atom. The summed E-state index contributed by atoms with van der Waals surface area (Å²) in [6.07, 6.45) is 2.28. The lowest BCUT2D eigenvalue weighted by Crippen LogP contribution is -2.28. The van der Waals surface area contributed by atoms with Crippen LogP contribution in [0.5, 0.6) is 0 Å². The molecule has 2 unspecified atom stereocenters. The molecule has 98 valence electrons. The van der Waals surface area contributed by atoms with Crippen LogP contribution in [0.15, 0.2) is 12.1 Å². The number of aliphatic hydroxyl groups is 1. The van der Waals surface area contributed by atoms with Crippen molar-refractivity contribution in [1.82, 2.24) is 10.3 Å². The molecule has 1 aliphatic rings. The van der Waals surface area contributed by atoms with Crippen LogP contribution in [-0.4, -0.2) is 28.6 Å². The fourth-order valence-electron chi connectivity index (χ4n) is 2.17. The molecule has 0 spiro atoms. The highest BCUT2D eigenvalue weighted by atomic mass is 35.5. The third-order valence-electron chi connectivity index (χ3n) is 3.09. The number of nitrogens with zero attached hydrogens (tertiary/aromatic N) is 1. The van der Waals surface area contributed by atoms with Crippen molar-refractivity contribution in [3.8, 4) is 0 Å². The van der Waals surface area contributed by atoms with Gasteiger partial charge < -0.3 is 10.4 Å². The predicted octanol–water partition coefficient (Wildman–Crippen LogP) is 2.28. The molecule has 1 fully saturated rings. The predicted molar refractivity (Wildman–Crippen MR) is 69.9 cm³/mol. The van der Waals surface area contributed by atoms with E-state index in [1.807, 2.05) is 0 Å². The molecule has 0 saturated heterocycles. The molecular weight excluding hydrogens is 275 g/mol. The first-order chi connectivity index (χ1) is 8.54. The number of carbonyl (C=O) groups excluding carboxylic acids is 1. The van der Waals surface area contributed by atoms with E-state index < -0.39 is 0 Å². The van der Waals surface area contributed by atoms with Crippen LogP contribution in [0.4, 0.5) is 0 Å². The van der Waals surface area contributed by atoms with Gasteiger partial charge in [-0.3, -0.25) is 4.79 Å². The number of pyridine rings is 1. The van der Waals surface area contributed by atoms with Crippen molar-refractivity contribution in [3.05, 3.63) is 28.0 Å². The Labute approximate surface area is 115 Å². The molecule has 1 aliphatic carbocycles. The van der Waals surface area contributed by atoms with E-state index in [-0.39, 0.29) is 22.3 Å². The van der Waals surface area contributed by atoms with E-state index in [4.69, 9.17) is 23.2 Å². The Morgan fingerprint density at radius 1 is 1.39 bits per heavy atom. The van der Waals surface area contributed by atoms with Gasteiger partial charge in [-0.15, -0.1) is 0 Å². The van der Waals surface area contributed by atoms with Gasteiger partial charge >= 0.3 is 0 Å². The molecule has 2 N–H and O–H groups in total. The molecule has 2 rings (SSSR count). The van der Waals surface area contributed by atoms with Crippen LogP contribution in [0.25, 0.3) is 0 Å². The summed E-state index contributed by atoms with van der Waals surface area (Å²) in [6.45, 7) is 0.563. The zero-order valence-electron chi connectivity index (χ0n) is 9.70. The normalized spacial score (nSPS) is 23.1. The fraction of sp³-hybridized carbons (Fsp3) is 0.500. The van der Waals surface area contributed by atoms with Crippen LogP contribution < -0.4 is 5.32 Å². The minimum atomic E-state index is -0.225. The highest BCUT2D eigenvalue weighted by molar-refractivity contribution is 6.33. The lowest BCUT2D eigenvalue weighted by Gasteiger charge is -2.11. The summed E-state index contributed by atoms with van der Waals surface area (Å²) in [6, 6.07) is 2.96. The third-order valence-corrected chi connectivity index (χ3v) is 3.48. The molecule has 1 heterocycles. The van der Waals surface area contributed by atoms with Crippen LogP contribution in [-0.2, 0) is 0 Å². The van der Waals surface area contributed by atoms with Gasteiger partial charge in [0.05, 0.1) is 6.10 Å². The summed E-state index contributed by atoms with van der Waals surface area (Å²) >= 11 is 11.5. The molecule has 0 radical (unpaired) electrons. The van der Waals surface area contributed by atoms with E-state index in [1.54, 1.807) is 0 Å². The van der Waals surface area contributed by atoms with Crippen molar-refractivity contribution in [2.45, 2.75) is 25.4 Å². The maximum atomic E-state index is 11.9. The number of nitrogens with one attached hydrogen (secondary N) is 1. The Kier molecular flexibility index (Phi) is 4.43. The Hall–Kier alpha value is -0.840. The van der Waals surface area contributed by atoms with Crippen molar-refractivity contribution in [3.63, 3.8) is 0 Å². The summed E-state index contributed by atoms with van der Waals surface area (Å²) in [4.78, 5) is 15.7. The van der Waals surface area contributed by atoms with Crippen LogP contribution in [0.2, 0.25) is 10.3 Å². The lowest BCUT2D eigenvalue weighted by molar-refractivity contribution is 0.0945. The van der Waals surface area contributed by atoms with Crippen molar-refractivity contribution in [2.75, 3.05) is 6.54 Å². The van der Waals surface area contributed by atoms with Gasteiger partial charge in [0.15, 0.2) is 0 Å². The molecule has 1 aromatic heterocycles. The molecule has 6 heteroatoms. The molecule has 1 saturated carbocycles. The van der Waals surface area contributed by atoms with E-state index in [0.717, 1.165) is 19.3 Å². The van der Waals surface area contributed by atoms with E-state index >= 15 is 0 Å². The number of amides is 1. The Bertz CT molecular complexity index is 433. The average Bonchev–Trinajstić information content (AvgIpc) is 2.70. The molecule has 2 atom stereocenters. The second-order valence-electron chi connectivity index (χ2n) is 4.54. The Balaban J connectivity index is 1.91. The van der Waals surface area contributed by atoms with Gasteiger partial charge in [-0.05, 0) is 37.3 Å². The summed E-state index contributed by atoms with van der Waals surface area (Å²) in [5, 5.41) is 12.6. The number of carbonyl (C=O) groups is 1. The smallest absolute Gasteiger partial charge is 0.251 e. The zero-order valence-corrected chi connectivity index (χ0v) is 11.2. The van der Waals surface area contributed by atoms with Gasteiger partial charge in [-0.1, -0.05) is 23.2 Å². The SMILES string of the molecule is O=C(NCC1CCC(O)C1)c1cc(Cl)nc(Cl)c1. The molecule has 1 aromatic rings. The van der Waals surface area contributed by atoms with Gasteiger partial charge in [0.2, 0.25) is 0 Å². The highest BCUT2D eigenvalue weighted by Gasteiger charge is 2.23.